The lowest BCUT2D eigenvalue weighted by Gasteiger charge is -2.19. The molecule has 1 fully saturated rings. The van der Waals surface area contributed by atoms with Gasteiger partial charge >= 0.3 is 0 Å². The molecule has 1 aliphatic carbocycles. The minimum Gasteiger partial charge on any atom is -0.356 e. The summed E-state index contributed by atoms with van der Waals surface area (Å²) in [4.78, 5) is 4.26. The number of rotatable bonds is 6. The van der Waals surface area contributed by atoms with Crippen LogP contribution in [0.5, 0.6) is 0 Å². The third-order valence-corrected chi connectivity index (χ3v) is 5.17. The second-order valence-electron chi connectivity index (χ2n) is 7.09. The minimum absolute atomic E-state index is 0. The molecule has 0 bridgehead atoms. The summed E-state index contributed by atoms with van der Waals surface area (Å²) < 4.78 is 19.6. The average Bonchev–Trinajstić information content (AvgIpc) is 3.37. The van der Waals surface area contributed by atoms with Crippen molar-refractivity contribution in [2.45, 2.75) is 24.8 Å². The fourth-order valence-electron chi connectivity index (χ4n) is 3.36. The van der Waals surface area contributed by atoms with Crippen LogP contribution < -0.4 is 10.6 Å². The number of nitrogens with zero attached hydrogens (tertiary/aromatic N) is 2. The van der Waals surface area contributed by atoms with Gasteiger partial charge in [0.25, 0.3) is 0 Å². The van der Waals surface area contributed by atoms with E-state index in [9.17, 15) is 4.39 Å². The summed E-state index contributed by atoms with van der Waals surface area (Å²) in [5, 5.41) is 10.7. The Kier molecular flexibility index (Phi) is 6.89. The SMILES string of the molecule is CN=C(NCc1cc(-c2ccccc2)on1)NCC1(c2ccccc2F)CC1.I. The van der Waals surface area contributed by atoms with Gasteiger partial charge in [-0.1, -0.05) is 53.7 Å². The molecule has 7 heteroatoms. The van der Waals surface area contributed by atoms with E-state index in [1.807, 2.05) is 48.5 Å². The van der Waals surface area contributed by atoms with Gasteiger partial charge in [-0.25, -0.2) is 4.39 Å². The predicted octanol–water partition coefficient (Wildman–Crippen LogP) is 4.50. The van der Waals surface area contributed by atoms with E-state index in [2.05, 4.69) is 20.8 Å². The average molecular weight is 506 g/mol. The summed E-state index contributed by atoms with van der Waals surface area (Å²) in [6.07, 6.45) is 1.95. The molecule has 2 aromatic carbocycles. The standard InChI is InChI=1S/C22H23FN4O.HI/c1-24-21(26-15-22(11-12-22)18-9-5-6-10-19(18)23)25-14-17-13-20(28-27-17)16-7-3-2-4-8-16;/h2-10,13H,11-12,14-15H2,1H3,(H2,24,25,26);1H. The molecule has 0 spiro atoms. The molecule has 2 N–H and O–H groups in total. The normalized spacial score (nSPS) is 14.8. The Morgan fingerprint density at radius 3 is 2.52 bits per heavy atom. The third-order valence-electron chi connectivity index (χ3n) is 5.17. The van der Waals surface area contributed by atoms with Gasteiger partial charge in [-0.05, 0) is 24.5 Å². The molecule has 5 nitrogen and oxygen atoms in total. The number of hydrogen-bond acceptors (Lipinski definition) is 3. The Bertz CT molecular complexity index is 970. The summed E-state index contributed by atoms with van der Waals surface area (Å²) in [5.41, 5.74) is 2.42. The first-order valence-electron chi connectivity index (χ1n) is 9.41. The lowest BCUT2D eigenvalue weighted by atomic mass is 9.95. The van der Waals surface area contributed by atoms with Gasteiger partial charge in [0, 0.05) is 30.6 Å². The highest BCUT2D eigenvalue weighted by atomic mass is 127. The molecular formula is C22H24FIN4O. The predicted molar refractivity (Wildman–Crippen MR) is 123 cm³/mol. The molecule has 152 valence electrons. The molecule has 29 heavy (non-hydrogen) atoms. The summed E-state index contributed by atoms with van der Waals surface area (Å²) in [5.74, 6) is 1.25. The van der Waals surface area contributed by atoms with Crippen molar-refractivity contribution in [2.24, 2.45) is 4.99 Å². The first-order chi connectivity index (χ1) is 13.7. The van der Waals surface area contributed by atoms with Crippen LogP contribution in [0.3, 0.4) is 0 Å². The number of halogens is 2. The number of hydrogen-bond donors (Lipinski definition) is 2. The maximum absolute atomic E-state index is 14.2. The zero-order valence-electron chi connectivity index (χ0n) is 16.2. The van der Waals surface area contributed by atoms with E-state index in [1.54, 1.807) is 13.1 Å². The van der Waals surface area contributed by atoms with E-state index >= 15 is 0 Å². The molecule has 1 saturated carbocycles. The molecule has 0 radical (unpaired) electrons. The van der Waals surface area contributed by atoms with Crippen molar-refractivity contribution in [1.29, 1.82) is 0 Å². The first-order valence-corrected chi connectivity index (χ1v) is 9.41. The van der Waals surface area contributed by atoms with Gasteiger partial charge in [-0.15, -0.1) is 24.0 Å². The second-order valence-corrected chi connectivity index (χ2v) is 7.09. The third kappa shape index (κ3) is 4.95. The van der Waals surface area contributed by atoms with Crippen molar-refractivity contribution >= 4 is 29.9 Å². The second kappa shape index (κ2) is 9.39. The monoisotopic (exact) mass is 506 g/mol. The van der Waals surface area contributed by atoms with Gasteiger partial charge in [0.15, 0.2) is 11.7 Å². The molecule has 0 unspecified atom stereocenters. The van der Waals surface area contributed by atoms with Crippen LogP contribution in [0, 0.1) is 5.82 Å². The molecule has 1 aliphatic rings. The highest BCUT2D eigenvalue weighted by Gasteiger charge is 2.45. The largest absolute Gasteiger partial charge is 0.356 e. The molecule has 0 saturated heterocycles. The number of nitrogens with one attached hydrogen (secondary N) is 2. The van der Waals surface area contributed by atoms with Crippen molar-refractivity contribution in [3.05, 3.63) is 77.7 Å². The van der Waals surface area contributed by atoms with Crippen molar-refractivity contribution < 1.29 is 8.91 Å². The Hall–Kier alpha value is -2.42. The lowest BCUT2D eigenvalue weighted by molar-refractivity contribution is 0.422. The van der Waals surface area contributed by atoms with Crippen molar-refractivity contribution in [3.63, 3.8) is 0 Å². The van der Waals surface area contributed by atoms with E-state index in [0.29, 0.717) is 19.0 Å². The fraction of sp³-hybridized carbons (Fsp3) is 0.273. The Balaban J connectivity index is 0.00000240. The zero-order valence-corrected chi connectivity index (χ0v) is 18.5. The highest BCUT2D eigenvalue weighted by molar-refractivity contribution is 14.0. The lowest BCUT2D eigenvalue weighted by Crippen LogP contribution is -2.41. The van der Waals surface area contributed by atoms with Crippen molar-refractivity contribution in [2.75, 3.05) is 13.6 Å². The van der Waals surface area contributed by atoms with E-state index in [-0.39, 0.29) is 35.2 Å². The van der Waals surface area contributed by atoms with E-state index in [4.69, 9.17) is 4.52 Å². The van der Waals surface area contributed by atoms with Crippen LogP contribution in [0.2, 0.25) is 0 Å². The number of aliphatic imine (C=N–C) groups is 1. The van der Waals surface area contributed by atoms with Crippen molar-refractivity contribution in [3.8, 4) is 11.3 Å². The van der Waals surface area contributed by atoms with E-state index in [1.165, 1.54) is 6.07 Å². The van der Waals surface area contributed by atoms with Gasteiger partial charge < -0.3 is 15.2 Å². The molecule has 0 amide bonds. The van der Waals surface area contributed by atoms with E-state index in [0.717, 1.165) is 35.4 Å². The summed E-state index contributed by atoms with van der Waals surface area (Å²) in [6.45, 7) is 1.13. The van der Waals surface area contributed by atoms with Crippen LogP contribution in [0.25, 0.3) is 11.3 Å². The zero-order chi connectivity index (χ0) is 19.4. The van der Waals surface area contributed by atoms with Crippen LogP contribution in [-0.4, -0.2) is 24.7 Å². The summed E-state index contributed by atoms with van der Waals surface area (Å²) in [7, 11) is 1.72. The fourth-order valence-corrected chi connectivity index (χ4v) is 3.36. The van der Waals surface area contributed by atoms with Gasteiger partial charge in [0.2, 0.25) is 0 Å². The summed E-state index contributed by atoms with van der Waals surface area (Å²) in [6, 6.07) is 18.8. The molecule has 0 atom stereocenters. The van der Waals surface area contributed by atoms with Gasteiger partial charge in [-0.3, -0.25) is 4.99 Å². The Labute approximate surface area is 186 Å². The van der Waals surface area contributed by atoms with Crippen LogP contribution in [0.15, 0.2) is 70.2 Å². The maximum Gasteiger partial charge on any atom is 0.191 e. The Morgan fingerprint density at radius 2 is 1.83 bits per heavy atom. The van der Waals surface area contributed by atoms with Crippen LogP contribution >= 0.6 is 24.0 Å². The molecule has 4 rings (SSSR count). The number of guanidine groups is 1. The highest BCUT2D eigenvalue weighted by Crippen LogP contribution is 2.48. The van der Waals surface area contributed by atoms with Gasteiger partial charge in [-0.2, -0.15) is 0 Å². The van der Waals surface area contributed by atoms with Crippen LogP contribution in [0.4, 0.5) is 4.39 Å². The molecule has 0 aliphatic heterocycles. The molecule has 1 aromatic heterocycles. The summed E-state index contributed by atoms with van der Waals surface area (Å²) >= 11 is 0. The smallest absolute Gasteiger partial charge is 0.191 e. The Morgan fingerprint density at radius 1 is 1.10 bits per heavy atom. The topological polar surface area (TPSA) is 62.5 Å². The van der Waals surface area contributed by atoms with E-state index < -0.39 is 0 Å². The quantitative estimate of drug-likeness (QED) is 0.294. The first kappa shape index (κ1) is 21.3. The molecule has 3 aromatic rings. The van der Waals surface area contributed by atoms with Crippen LogP contribution in [-0.2, 0) is 12.0 Å². The maximum atomic E-state index is 14.2. The van der Waals surface area contributed by atoms with Gasteiger partial charge in [0.1, 0.15) is 11.5 Å². The molecular weight excluding hydrogens is 482 g/mol. The van der Waals surface area contributed by atoms with Crippen molar-refractivity contribution in [1.82, 2.24) is 15.8 Å². The number of benzene rings is 2. The number of aromatic nitrogens is 1. The molecule has 1 heterocycles. The minimum atomic E-state index is -0.142. The van der Waals surface area contributed by atoms with Crippen LogP contribution in [0.1, 0.15) is 24.1 Å². The van der Waals surface area contributed by atoms with Gasteiger partial charge in [0.05, 0.1) is 6.54 Å².